The number of rotatable bonds is 5. The van der Waals surface area contributed by atoms with Crippen molar-refractivity contribution in [3.05, 3.63) is 12.1 Å². The Morgan fingerprint density at radius 1 is 0.900 bits per heavy atom. The van der Waals surface area contributed by atoms with Gasteiger partial charge in [0.1, 0.15) is 0 Å². The van der Waals surface area contributed by atoms with Crippen LogP contribution in [0.5, 0.6) is 0 Å². The molecule has 4 heterocycles. The predicted molar refractivity (Wildman–Crippen MR) is 114 cm³/mol. The average Bonchev–Trinajstić information content (AvgIpc) is 3.34. The summed E-state index contributed by atoms with van der Waals surface area (Å²) < 4.78 is 5.16. The number of esters is 1. The van der Waals surface area contributed by atoms with Gasteiger partial charge in [0.15, 0.2) is 11.6 Å². The van der Waals surface area contributed by atoms with Crippen molar-refractivity contribution < 1.29 is 14.3 Å². The summed E-state index contributed by atoms with van der Waals surface area (Å²) in [6.07, 6.45) is 5.76. The third-order valence-corrected chi connectivity index (χ3v) is 6.59. The molecule has 8 heteroatoms. The quantitative estimate of drug-likeness (QED) is 0.682. The highest BCUT2D eigenvalue weighted by molar-refractivity contribution is 5.80. The highest BCUT2D eigenvalue weighted by Crippen LogP contribution is 2.27. The summed E-state index contributed by atoms with van der Waals surface area (Å²) in [5.41, 5.74) is 0. The lowest BCUT2D eigenvalue weighted by molar-refractivity contribution is -0.152. The van der Waals surface area contributed by atoms with Gasteiger partial charge >= 0.3 is 5.97 Å². The van der Waals surface area contributed by atoms with E-state index >= 15 is 0 Å². The van der Waals surface area contributed by atoms with E-state index in [1.165, 1.54) is 12.8 Å². The van der Waals surface area contributed by atoms with Gasteiger partial charge in [-0.2, -0.15) is 0 Å². The topological polar surface area (TPSA) is 78.9 Å². The second-order valence-electron chi connectivity index (χ2n) is 8.58. The number of ether oxygens (including phenoxy) is 1. The molecule has 0 aromatic carbocycles. The molecule has 1 aromatic heterocycles. The Kier molecular flexibility index (Phi) is 6.69. The van der Waals surface area contributed by atoms with Gasteiger partial charge in [-0.25, -0.2) is 0 Å². The van der Waals surface area contributed by atoms with Crippen molar-refractivity contribution in [3.8, 4) is 0 Å². The molecule has 0 saturated carbocycles. The largest absolute Gasteiger partial charge is 0.466 e. The van der Waals surface area contributed by atoms with Crippen molar-refractivity contribution in [2.24, 2.45) is 11.8 Å². The minimum Gasteiger partial charge on any atom is -0.466 e. The zero-order valence-electron chi connectivity index (χ0n) is 18.0. The lowest BCUT2D eigenvalue weighted by Gasteiger charge is -2.37. The molecule has 0 aliphatic carbocycles. The molecule has 0 spiro atoms. The van der Waals surface area contributed by atoms with Crippen LogP contribution < -0.4 is 9.80 Å². The van der Waals surface area contributed by atoms with Gasteiger partial charge in [-0.05, 0) is 57.6 Å². The van der Waals surface area contributed by atoms with Crippen LogP contribution in [0.15, 0.2) is 12.1 Å². The molecule has 3 saturated heterocycles. The monoisotopic (exact) mass is 415 g/mol. The SMILES string of the molecule is CCOC(=O)C1CCCN(C(=O)C2CCN(c3ccc(N4CCCC4)nn3)CC2)C1. The van der Waals surface area contributed by atoms with Crippen molar-refractivity contribution in [3.63, 3.8) is 0 Å². The number of hydrogen-bond acceptors (Lipinski definition) is 7. The van der Waals surface area contributed by atoms with Gasteiger partial charge in [0, 0.05) is 45.2 Å². The summed E-state index contributed by atoms with van der Waals surface area (Å²) in [4.78, 5) is 31.5. The number of carbonyl (C=O) groups is 2. The summed E-state index contributed by atoms with van der Waals surface area (Å²) in [6.45, 7) is 7.21. The molecule has 1 aromatic rings. The summed E-state index contributed by atoms with van der Waals surface area (Å²) in [7, 11) is 0. The van der Waals surface area contributed by atoms with Crippen molar-refractivity contribution in [2.45, 2.75) is 45.4 Å². The first-order valence-corrected chi connectivity index (χ1v) is 11.4. The van der Waals surface area contributed by atoms with E-state index in [9.17, 15) is 9.59 Å². The Balaban J connectivity index is 1.28. The van der Waals surface area contributed by atoms with E-state index in [4.69, 9.17) is 4.74 Å². The van der Waals surface area contributed by atoms with E-state index in [1.54, 1.807) is 0 Å². The minimum absolute atomic E-state index is 0.0269. The smallest absolute Gasteiger partial charge is 0.310 e. The molecule has 3 aliphatic rings. The Morgan fingerprint density at radius 3 is 2.13 bits per heavy atom. The van der Waals surface area contributed by atoms with Gasteiger partial charge in [-0.1, -0.05) is 0 Å². The van der Waals surface area contributed by atoms with Crippen molar-refractivity contribution in [1.82, 2.24) is 15.1 Å². The molecule has 3 fully saturated rings. The van der Waals surface area contributed by atoms with Crippen LogP contribution in [0.25, 0.3) is 0 Å². The van der Waals surface area contributed by atoms with E-state index < -0.39 is 0 Å². The number of hydrogen-bond donors (Lipinski definition) is 0. The molecule has 30 heavy (non-hydrogen) atoms. The van der Waals surface area contributed by atoms with Crippen molar-refractivity contribution >= 4 is 23.5 Å². The van der Waals surface area contributed by atoms with Gasteiger partial charge in [0.25, 0.3) is 0 Å². The molecule has 0 N–H and O–H groups in total. The molecule has 0 bridgehead atoms. The fourth-order valence-corrected chi connectivity index (χ4v) is 4.85. The van der Waals surface area contributed by atoms with Crippen LogP contribution in [0, 0.1) is 11.8 Å². The molecule has 4 rings (SSSR count). The van der Waals surface area contributed by atoms with Crippen LogP contribution in [0.3, 0.4) is 0 Å². The number of piperidine rings is 2. The first kappa shape index (κ1) is 20.9. The van der Waals surface area contributed by atoms with E-state index in [2.05, 4.69) is 32.1 Å². The number of anilines is 2. The van der Waals surface area contributed by atoms with Crippen LogP contribution in [0.1, 0.15) is 45.4 Å². The van der Waals surface area contributed by atoms with Gasteiger partial charge in [-0.15, -0.1) is 10.2 Å². The van der Waals surface area contributed by atoms with Crippen LogP contribution in [-0.4, -0.2) is 72.8 Å². The average molecular weight is 416 g/mol. The standard InChI is InChI=1S/C22H33N5O3/c1-2-30-22(29)18-6-5-13-27(16-18)21(28)17-9-14-26(15-10-17)20-8-7-19(23-24-20)25-11-3-4-12-25/h7-8,17-18H,2-6,9-16H2,1H3. The molecule has 1 unspecified atom stereocenters. The van der Waals surface area contributed by atoms with Crippen molar-refractivity contribution in [1.29, 1.82) is 0 Å². The minimum atomic E-state index is -0.174. The molecular weight excluding hydrogens is 382 g/mol. The fraction of sp³-hybridized carbons (Fsp3) is 0.727. The lowest BCUT2D eigenvalue weighted by Crippen LogP contribution is -2.47. The van der Waals surface area contributed by atoms with Gasteiger partial charge in [0.05, 0.1) is 12.5 Å². The number of aromatic nitrogens is 2. The molecule has 3 aliphatic heterocycles. The lowest BCUT2D eigenvalue weighted by atomic mass is 9.92. The van der Waals surface area contributed by atoms with Crippen LogP contribution in [-0.2, 0) is 14.3 Å². The second-order valence-corrected chi connectivity index (χ2v) is 8.58. The Labute approximate surface area is 178 Å². The summed E-state index contributed by atoms with van der Waals surface area (Å²) in [6, 6.07) is 4.12. The maximum Gasteiger partial charge on any atom is 0.310 e. The Hall–Kier alpha value is -2.38. The normalized spacial score (nSPS) is 23.0. The van der Waals surface area contributed by atoms with E-state index in [0.29, 0.717) is 13.2 Å². The van der Waals surface area contributed by atoms with Crippen LogP contribution >= 0.6 is 0 Å². The number of amides is 1. The predicted octanol–water partition coefficient (Wildman–Crippen LogP) is 2.09. The number of likely N-dealkylation sites (tertiary alicyclic amines) is 1. The zero-order valence-corrected chi connectivity index (χ0v) is 18.0. The van der Waals surface area contributed by atoms with E-state index in [0.717, 1.165) is 70.0 Å². The van der Waals surface area contributed by atoms with Gasteiger partial charge < -0.3 is 19.4 Å². The van der Waals surface area contributed by atoms with E-state index in [1.807, 2.05) is 11.8 Å². The summed E-state index contributed by atoms with van der Waals surface area (Å²) in [5.74, 6) is 1.73. The van der Waals surface area contributed by atoms with Crippen LogP contribution in [0.2, 0.25) is 0 Å². The number of nitrogens with zero attached hydrogens (tertiary/aromatic N) is 5. The Morgan fingerprint density at radius 2 is 1.53 bits per heavy atom. The molecule has 8 nitrogen and oxygen atoms in total. The first-order valence-electron chi connectivity index (χ1n) is 11.4. The van der Waals surface area contributed by atoms with Gasteiger partial charge in [0.2, 0.25) is 5.91 Å². The van der Waals surface area contributed by atoms with E-state index in [-0.39, 0.29) is 23.7 Å². The first-order chi connectivity index (χ1) is 14.7. The third-order valence-electron chi connectivity index (χ3n) is 6.59. The van der Waals surface area contributed by atoms with Crippen molar-refractivity contribution in [2.75, 3.05) is 55.7 Å². The molecule has 1 amide bonds. The summed E-state index contributed by atoms with van der Waals surface area (Å²) in [5, 5.41) is 8.86. The van der Waals surface area contributed by atoms with Crippen LogP contribution in [0.4, 0.5) is 11.6 Å². The fourth-order valence-electron chi connectivity index (χ4n) is 4.85. The second kappa shape index (κ2) is 9.62. The maximum absolute atomic E-state index is 13.0. The zero-order chi connectivity index (χ0) is 20.9. The molecule has 164 valence electrons. The summed E-state index contributed by atoms with van der Waals surface area (Å²) >= 11 is 0. The third kappa shape index (κ3) is 4.68. The molecule has 1 atom stereocenters. The highest BCUT2D eigenvalue weighted by atomic mass is 16.5. The molecular formula is C22H33N5O3. The van der Waals surface area contributed by atoms with Gasteiger partial charge in [-0.3, -0.25) is 9.59 Å². The molecule has 0 radical (unpaired) electrons. The highest BCUT2D eigenvalue weighted by Gasteiger charge is 2.34. The number of carbonyl (C=O) groups excluding carboxylic acids is 2. The Bertz CT molecular complexity index is 727. The maximum atomic E-state index is 13.0.